The molecule has 5 heteroatoms. The predicted octanol–water partition coefficient (Wildman–Crippen LogP) is 1.27. The summed E-state index contributed by atoms with van der Waals surface area (Å²) in [6.45, 7) is 1.63. The van der Waals surface area contributed by atoms with Crippen LogP contribution in [0.5, 0.6) is 0 Å². The van der Waals surface area contributed by atoms with Crippen molar-refractivity contribution in [2.75, 3.05) is 13.1 Å². The van der Waals surface area contributed by atoms with Crippen molar-refractivity contribution in [3.8, 4) is 0 Å². The Balaban J connectivity index is 2.23. The van der Waals surface area contributed by atoms with E-state index in [1.807, 2.05) is 5.38 Å². The Morgan fingerprint density at radius 2 is 2.07 bits per heavy atom. The summed E-state index contributed by atoms with van der Waals surface area (Å²) in [6.07, 6.45) is 1.47. The first-order chi connectivity index (χ1) is 6.71. The van der Waals surface area contributed by atoms with Crippen molar-refractivity contribution >= 4 is 21.2 Å². The molecule has 1 aromatic rings. The largest absolute Gasteiger partial charge is 0.317 e. The third kappa shape index (κ3) is 1.85. The van der Waals surface area contributed by atoms with Crippen LogP contribution in [-0.2, 0) is 9.84 Å². The molecule has 0 aromatic carbocycles. The minimum absolute atomic E-state index is 0.178. The van der Waals surface area contributed by atoms with Crippen LogP contribution in [-0.4, -0.2) is 26.8 Å². The number of rotatable bonds is 2. The molecule has 3 nitrogen and oxygen atoms in total. The van der Waals surface area contributed by atoms with Gasteiger partial charge in [-0.3, -0.25) is 0 Å². The van der Waals surface area contributed by atoms with Gasteiger partial charge in [-0.15, -0.1) is 11.3 Å². The molecule has 0 saturated carbocycles. The fourth-order valence-corrected chi connectivity index (χ4v) is 4.71. The lowest BCUT2D eigenvalue weighted by atomic mass is 10.2. The number of thiophene rings is 1. The smallest absolute Gasteiger partial charge is 0.190 e. The summed E-state index contributed by atoms with van der Waals surface area (Å²) in [5.74, 6) is 0. The highest BCUT2D eigenvalue weighted by Gasteiger charge is 2.29. The maximum Gasteiger partial charge on any atom is 0.190 e. The Morgan fingerprint density at radius 1 is 1.36 bits per heavy atom. The van der Waals surface area contributed by atoms with Crippen LogP contribution in [0, 0.1) is 0 Å². The Bertz CT molecular complexity index is 377. The molecule has 1 aliphatic rings. The topological polar surface area (TPSA) is 46.2 Å². The van der Waals surface area contributed by atoms with Gasteiger partial charge in [0.25, 0.3) is 0 Å². The van der Waals surface area contributed by atoms with E-state index in [4.69, 9.17) is 0 Å². The van der Waals surface area contributed by atoms with Crippen molar-refractivity contribution in [2.24, 2.45) is 0 Å². The van der Waals surface area contributed by atoms with Crippen LogP contribution >= 0.6 is 11.3 Å². The first-order valence-corrected chi connectivity index (χ1v) is 7.12. The Morgan fingerprint density at radius 3 is 2.64 bits per heavy atom. The van der Waals surface area contributed by atoms with Gasteiger partial charge >= 0.3 is 0 Å². The van der Waals surface area contributed by atoms with Crippen molar-refractivity contribution < 1.29 is 8.42 Å². The van der Waals surface area contributed by atoms with E-state index < -0.39 is 9.84 Å². The average molecular weight is 231 g/mol. The lowest BCUT2D eigenvalue weighted by molar-refractivity contribution is 0.497. The molecule has 0 atom stereocenters. The van der Waals surface area contributed by atoms with Crippen LogP contribution in [0.15, 0.2) is 21.7 Å². The molecular weight excluding hydrogens is 218 g/mol. The molecular formula is C9H13NO2S2. The van der Waals surface area contributed by atoms with E-state index >= 15 is 0 Å². The minimum Gasteiger partial charge on any atom is -0.317 e. The Labute approximate surface area is 88.1 Å². The highest BCUT2D eigenvalue weighted by molar-refractivity contribution is 7.94. The SMILES string of the molecule is O=S(=O)(c1cccs1)C1CCNCC1. The van der Waals surface area contributed by atoms with E-state index in [0.29, 0.717) is 4.21 Å². The second-order valence-corrected chi connectivity index (χ2v) is 6.83. The van der Waals surface area contributed by atoms with Crippen LogP contribution in [0.2, 0.25) is 0 Å². The third-order valence-corrected chi connectivity index (χ3v) is 6.19. The van der Waals surface area contributed by atoms with Gasteiger partial charge in [0, 0.05) is 0 Å². The summed E-state index contributed by atoms with van der Waals surface area (Å²) in [5.41, 5.74) is 0. The summed E-state index contributed by atoms with van der Waals surface area (Å²) in [4.78, 5) is 0. The minimum atomic E-state index is -3.04. The zero-order valence-corrected chi connectivity index (χ0v) is 9.40. The van der Waals surface area contributed by atoms with E-state index in [-0.39, 0.29) is 5.25 Å². The van der Waals surface area contributed by atoms with Gasteiger partial charge in [-0.05, 0) is 37.4 Å². The van der Waals surface area contributed by atoms with Crippen LogP contribution < -0.4 is 5.32 Å². The van der Waals surface area contributed by atoms with Gasteiger partial charge in [0.05, 0.1) is 5.25 Å². The molecule has 0 spiro atoms. The molecule has 0 unspecified atom stereocenters. The van der Waals surface area contributed by atoms with Gasteiger partial charge in [-0.1, -0.05) is 6.07 Å². The first kappa shape index (κ1) is 10.1. The summed E-state index contributed by atoms with van der Waals surface area (Å²) >= 11 is 1.32. The van der Waals surface area contributed by atoms with Gasteiger partial charge in [0.2, 0.25) is 0 Å². The number of hydrogen-bond acceptors (Lipinski definition) is 4. The standard InChI is InChI=1S/C9H13NO2S2/c11-14(12,9-2-1-7-13-9)8-3-5-10-6-4-8/h1-2,7-8,10H,3-6H2. The fraction of sp³-hybridized carbons (Fsp3) is 0.556. The van der Waals surface area contributed by atoms with Gasteiger partial charge < -0.3 is 5.32 Å². The van der Waals surface area contributed by atoms with Crippen LogP contribution in [0.3, 0.4) is 0 Å². The maximum atomic E-state index is 12.0. The molecule has 1 N–H and O–H groups in total. The van der Waals surface area contributed by atoms with E-state index in [9.17, 15) is 8.42 Å². The molecule has 0 radical (unpaired) electrons. The quantitative estimate of drug-likeness (QED) is 0.834. The zero-order valence-electron chi connectivity index (χ0n) is 7.77. The summed E-state index contributed by atoms with van der Waals surface area (Å²) in [6, 6.07) is 3.49. The molecule has 0 aliphatic carbocycles. The van der Waals surface area contributed by atoms with Gasteiger partial charge in [-0.2, -0.15) is 0 Å². The van der Waals surface area contributed by atoms with Crippen LogP contribution in [0.25, 0.3) is 0 Å². The summed E-state index contributed by atoms with van der Waals surface area (Å²) in [7, 11) is -3.04. The van der Waals surface area contributed by atoms with Crippen molar-refractivity contribution in [2.45, 2.75) is 22.3 Å². The monoisotopic (exact) mass is 231 g/mol. The second-order valence-electron chi connectivity index (χ2n) is 3.43. The van der Waals surface area contributed by atoms with Gasteiger partial charge in [0.15, 0.2) is 9.84 Å². The molecule has 1 saturated heterocycles. The number of sulfone groups is 1. The van der Waals surface area contributed by atoms with Crippen LogP contribution in [0.4, 0.5) is 0 Å². The molecule has 14 heavy (non-hydrogen) atoms. The van der Waals surface area contributed by atoms with E-state index in [1.165, 1.54) is 11.3 Å². The van der Waals surface area contributed by atoms with Gasteiger partial charge in [0.1, 0.15) is 4.21 Å². The van der Waals surface area contributed by atoms with Crippen molar-refractivity contribution in [1.82, 2.24) is 5.32 Å². The lowest BCUT2D eigenvalue weighted by Crippen LogP contribution is -2.35. The predicted molar refractivity (Wildman–Crippen MR) is 57.4 cm³/mol. The number of hydrogen-bond donors (Lipinski definition) is 1. The van der Waals surface area contributed by atoms with Gasteiger partial charge in [-0.25, -0.2) is 8.42 Å². The molecule has 0 amide bonds. The third-order valence-electron chi connectivity index (χ3n) is 2.50. The Hall–Kier alpha value is -0.390. The molecule has 1 fully saturated rings. The lowest BCUT2D eigenvalue weighted by Gasteiger charge is -2.21. The summed E-state index contributed by atoms with van der Waals surface area (Å²) < 4.78 is 24.6. The first-order valence-electron chi connectivity index (χ1n) is 4.69. The van der Waals surface area contributed by atoms with E-state index in [2.05, 4.69) is 5.32 Å². The fourth-order valence-electron chi connectivity index (χ4n) is 1.70. The van der Waals surface area contributed by atoms with E-state index in [1.54, 1.807) is 12.1 Å². The molecule has 2 rings (SSSR count). The average Bonchev–Trinajstić information content (AvgIpc) is 2.72. The summed E-state index contributed by atoms with van der Waals surface area (Å²) in [5, 5.41) is 4.81. The number of piperidine rings is 1. The molecule has 78 valence electrons. The Kier molecular flexibility index (Phi) is 2.90. The molecule has 0 bridgehead atoms. The molecule has 1 aliphatic heterocycles. The van der Waals surface area contributed by atoms with Crippen molar-refractivity contribution in [3.63, 3.8) is 0 Å². The van der Waals surface area contributed by atoms with Crippen molar-refractivity contribution in [3.05, 3.63) is 17.5 Å². The van der Waals surface area contributed by atoms with Crippen LogP contribution in [0.1, 0.15) is 12.8 Å². The van der Waals surface area contributed by atoms with Crippen molar-refractivity contribution in [1.29, 1.82) is 0 Å². The maximum absolute atomic E-state index is 12.0. The van der Waals surface area contributed by atoms with E-state index in [0.717, 1.165) is 25.9 Å². The number of nitrogens with one attached hydrogen (secondary N) is 1. The molecule has 1 aromatic heterocycles. The normalized spacial score (nSPS) is 19.7. The second kappa shape index (κ2) is 4.00. The molecule has 2 heterocycles. The highest BCUT2D eigenvalue weighted by atomic mass is 32.2. The zero-order chi connectivity index (χ0) is 10.0. The highest BCUT2D eigenvalue weighted by Crippen LogP contribution is 2.25.